The Hall–Kier alpha value is -3.25. The second-order valence-corrected chi connectivity index (χ2v) is 7.77. The highest BCUT2D eigenvalue weighted by Crippen LogP contribution is 2.25. The molecular formula is C25H29N3O3. The van der Waals surface area contributed by atoms with E-state index in [9.17, 15) is 4.79 Å². The van der Waals surface area contributed by atoms with Gasteiger partial charge in [-0.3, -0.25) is 9.69 Å². The topological polar surface area (TPSA) is 46.9 Å². The minimum absolute atomic E-state index is 0.187. The maximum absolute atomic E-state index is 12.8. The number of hydrogen-bond acceptors (Lipinski definition) is 4. The van der Waals surface area contributed by atoms with Gasteiger partial charge in [-0.05, 0) is 48.0 Å². The van der Waals surface area contributed by atoms with Crippen LogP contribution in [0.4, 0.5) is 0 Å². The lowest BCUT2D eigenvalue weighted by molar-refractivity contribution is -0.132. The van der Waals surface area contributed by atoms with E-state index in [4.69, 9.17) is 9.47 Å². The van der Waals surface area contributed by atoms with Crippen molar-refractivity contribution in [1.82, 2.24) is 14.4 Å². The van der Waals surface area contributed by atoms with E-state index in [1.165, 1.54) is 0 Å². The fraction of sp³-hybridized carbons (Fsp3) is 0.320. The Morgan fingerprint density at radius 3 is 2.26 bits per heavy atom. The standard InChI is InChI=1S/C25H29N3O3/c1-30-23-9-10-24(31-2)21(18-23)19-26-13-15-28(16-14-26)25(29)17-20-5-7-22(8-6-20)27-11-3-4-12-27/h3-12,18H,13-17,19H2,1-2H3. The number of aromatic nitrogens is 1. The fourth-order valence-corrected chi connectivity index (χ4v) is 3.98. The Morgan fingerprint density at radius 2 is 1.61 bits per heavy atom. The Bertz CT molecular complexity index is 991. The van der Waals surface area contributed by atoms with Crippen molar-refractivity contribution in [3.8, 4) is 17.2 Å². The number of amides is 1. The summed E-state index contributed by atoms with van der Waals surface area (Å²) in [4.78, 5) is 17.1. The minimum atomic E-state index is 0.187. The van der Waals surface area contributed by atoms with Crippen LogP contribution in [0.3, 0.4) is 0 Å². The number of carbonyl (C=O) groups excluding carboxylic acids is 1. The zero-order valence-corrected chi connectivity index (χ0v) is 18.2. The minimum Gasteiger partial charge on any atom is -0.497 e. The van der Waals surface area contributed by atoms with Crippen molar-refractivity contribution in [1.29, 1.82) is 0 Å². The highest BCUT2D eigenvalue weighted by molar-refractivity contribution is 5.79. The van der Waals surface area contributed by atoms with Gasteiger partial charge in [0.2, 0.25) is 5.91 Å². The predicted octanol–water partition coefficient (Wildman–Crippen LogP) is 3.38. The molecule has 1 fully saturated rings. The summed E-state index contributed by atoms with van der Waals surface area (Å²) in [5, 5.41) is 0. The molecule has 1 aliphatic heterocycles. The van der Waals surface area contributed by atoms with Crippen molar-refractivity contribution in [3.63, 3.8) is 0 Å². The van der Waals surface area contributed by atoms with Crippen LogP contribution in [-0.4, -0.2) is 60.7 Å². The molecule has 0 saturated carbocycles. The highest BCUT2D eigenvalue weighted by atomic mass is 16.5. The van der Waals surface area contributed by atoms with Crippen LogP contribution in [0.15, 0.2) is 67.0 Å². The first kappa shape index (κ1) is 21.0. The Kier molecular flexibility index (Phi) is 6.57. The van der Waals surface area contributed by atoms with Gasteiger partial charge in [0, 0.05) is 56.4 Å². The first-order valence-corrected chi connectivity index (χ1v) is 10.6. The maximum atomic E-state index is 12.8. The molecule has 162 valence electrons. The number of benzene rings is 2. The van der Waals surface area contributed by atoms with Gasteiger partial charge in [0.1, 0.15) is 11.5 Å². The van der Waals surface area contributed by atoms with Crippen molar-refractivity contribution in [2.75, 3.05) is 40.4 Å². The molecule has 2 heterocycles. The molecule has 31 heavy (non-hydrogen) atoms. The fourth-order valence-electron chi connectivity index (χ4n) is 3.98. The number of piperazine rings is 1. The van der Waals surface area contributed by atoms with E-state index in [1.807, 2.05) is 59.8 Å². The molecule has 0 spiro atoms. The van der Waals surface area contributed by atoms with Crippen molar-refractivity contribution in [2.24, 2.45) is 0 Å². The van der Waals surface area contributed by atoms with Crippen LogP contribution in [0.2, 0.25) is 0 Å². The summed E-state index contributed by atoms with van der Waals surface area (Å²) in [7, 11) is 3.36. The van der Waals surface area contributed by atoms with Gasteiger partial charge in [0.05, 0.1) is 20.6 Å². The Labute approximate surface area is 183 Å². The normalized spacial score (nSPS) is 14.5. The van der Waals surface area contributed by atoms with Crippen LogP contribution in [0.5, 0.6) is 11.5 Å². The van der Waals surface area contributed by atoms with Crippen LogP contribution >= 0.6 is 0 Å². The van der Waals surface area contributed by atoms with Crippen molar-refractivity contribution in [2.45, 2.75) is 13.0 Å². The molecule has 1 aliphatic rings. The summed E-state index contributed by atoms with van der Waals surface area (Å²) < 4.78 is 12.9. The first-order chi connectivity index (χ1) is 15.2. The smallest absolute Gasteiger partial charge is 0.227 e. The van der Waals surface area contributed by atoms with Crippen LogP contribution < -0.4 is 9.47 Å². The van der Waals surface area contributed by atoms with Gasteiger partial charge >= 0.3 is 0 Å². The average molecular weight is 420 g/mol. The summed E-state index contributed by atoms with van der Waals surface area (Å²) in [6.45, 7) is 3.96. The SMILES string of the molecule is COc1ccc(OC)c(CN2CCN(C(=O)Cc3ccc(-n4cccc4)cc3)CC2)c1. The summed E-state index contributed by atoms with van der Waals surface area (Å²) in [6.07, 6.45) is 4.47. The van der Waals surface area contributed by atoms with Gasteiger partial charge in [0.15, 0.2) is 0 Å². The number of methoxy groups -OCH3 is 2. The molecule has 1 aromatic heterocycles. The highest BCUT2D eigenvalue weighted by Gasteiger charge is 2.22. The van der Waals surface area contributed by atoms with E-state index in [0.717, 1.165) is 61.0 Å². The van der Waals surface area contributed by atoms with Gasteiger partial charge in [-0.25, -0.2) is 0 Å². The van der Waals surface area contributed by atoms with E-state index < -0.39 is 0 Å². The lowest BCUT2D eigenvalue weighted by Crippen LogP contribution is -2.48. The second-order valence-electron chi connectivity index (χ2n) is 7.77. The number of rotatable bonds is 7. The summed E-state index contributed by atoms with van der Waals surface area (Å²) >= 11 is 0. The zero-order valence-electron chi connectivity index (χ0n) is 18.2. The molecule has 0 aliphatic carbocycles. The number of nitrogens with zero attached hydrogens (tertiary/aromatic N) is 3. The number of carbonyl (C=O) groups is 1. The molecule has 0 unspecified atom stereocenters. The monoisotopic (exact) mass is 419 g/mol. The molecule has 6 nitrogen and oxygen atoms in total. The third-order valence-corrected chi connectivity index (χ3v) is 5.80. The third kappa shape index (κ3) is 5.09. The number of ether oxygens (including phenoxy) is 2. The molecule has 1 amide bonds. The van der Waals surface area contributed by atoms with Gasteiger partial charge in [-0.2, -0.15) is 0 Å². The van der Waals surface area contributed by atoms with Crippen molar-refractivity contribution < 1.29 is 14.3 Å². The Balaban J connectivity index is 1.30. The lowest BCUT2D eigenvalue weighted by Gasteiger charge is -2.35. The average Bonchev–Trinajstić information content (AvgIpc) is 3.35. The Morgan fingerprint density at radius 1 is 0.903 bits per heavy atom. The molecule has 0 N–H and O–H groups in total. The maximum Gasteiger partial charge on any atom is 0.227 e. The van der Waals surface area contributed by atoms with E-state index in [1.54, 1.807) is 14.2 Å². The largest absolute Gasteiger partial charge is 0.497 e. The molecule has 3 aromatic rings. The molecule has 0 bridgehead atoms. The summed E-state index contributed by atoms with van der Waals surface area (Å²) in [5.41, 5.74) is 3.25. The van der Waals surface area contributed by atoms with E-state index in [0.29, 0.717) is 6.42 Å². The van der Waals surface area contributed by atoms with E-state index >= 15 is 0 Å². The predicted molar refractivity (Wildman–Crippen MR) is 121 cm³/mol. The molecule has 6 heteroatoms. The molecule has 0 radical (unpaired) electrons. The summed E-state index contributed by atoms with van der Waals surface area (Å²) in [6, 6.07) is 18.1. The van der Waals surface area contributed by atoms with Gasteiger partial charge < -0.3 is 18.9 Å². The van der Waals surface area contributed by atoms with Crippen LogP contribution in [0, 0.1) is 0 Å². The second kappa shape index (κ2) is 9.71. The van der Waals surface area contributed by atoms with Crippen LogP contribution in [0.25, 0.3) is 5.69 Å². The quantitative estimate of drug-likeness (QED) is 0.589. The molecule has 0 atom stereocenters. The van der Waals surface area contributed by atoms with Gasteiger partial charge in [-0.15, -0.1) is 0 Å². The molecule has 4 rings (SSSR count). The van der Waals surface area contributed by atoms with Crippen molar-refractivity contribution >= 4 is 5.91 Å². The van der Waals surface area contributed by atoms with Crippen LogP contribution in [0.1, 0.15) is 11.1 Å². The van der Waals surface area contributed by atoms with E-state index in [-0.39, 0.29) is 5.91 Å². The zero-order chi connectivity index (χ0) is 21.6. The van der Waals surface area contributed by atoms with E-state index in [2.05, 4.69) is 21.6 Å². The van der Waals surface area contributed by atoms with Gasteiger partial charge in [0.25, 0.3) is 0 Å². The third-order valence-electron chi connectivity index (χ3n) is 5.80. The van der Waals surface area contributed by atoms with Gasteiger partial charge in [-0.1, -0.05) is 12.1 Å². The summed E-state index contributed by atoms with van der Waals surface area (Å²) in [5.74, 6) is 1.88. The number of hydrogen-bond donors (Lipinski definition) is 0. The molecular weight excluding hydrogens is 390 g/mol. The van der Waals surface area contributed by atoms with Crippen molar-refractivity contribution in [3.05, 3.63) is 78.1 Å². The first-order valence-electron chi connectivity index (χ1n) is 10.6. The molecule has 1 saturated heterocycles. The lowest BCUT2D eigenvalue weighted by atomic mass is 10.1. The molecule has 2 aromatic carbocycles. The van der Waals surface area contributed by atoms with Crippen LogP contribution in [-0.2, 0) is 17.8 Å².